The second-order valence-electron chi connectivity index (χ2n) is 4.88. The molecule has 3 aromatic heterocycles. The Morgan fingerprint density at radius 2 is 1.96 bits per heavy atom. The molecule has 0 fully saturated rings. The Balaban J connectivity index is 2.00. The predicted molar refractivity (Wildman–Crippen MR) is 86.0 cm³/mol. The molecule has 0 aromatic carbocycles. The zero-order chi connectivity index (χ0) is 16.4. The molecule has 6 heteroatoms. The molecular formula is C17H12ClFN4. The molecule has 0 aliphatic carbocycles. The van der Waals surface area contributed by atoms with E-state index < -0.39 is 0 Å². The summed E-state index contributed by atoms with van der Waals surface area (Å²) in [6, 6.07) is 6.44. The van der Waals surface area contributed by atoms with Gasteiger partial charge >= 0.3 is 0 Å². The molecule has 0 saturated carbocycles. The molecule has 0 bridgehead atoms. The van der Waals surface area contributed by atoms with Crippen LogP contribution >= 0.6 is 11.6 Å². The van der Waals surface area contributed by atoms with Crippen LogP contribution in [0.4, 0.5) is 4.39 Å². The standard InChI is InChI=1S/C17H12ClFN4/c1-11-15(5-3-13-7-8-20-16(18)9-13)22-12(2)23(11)17-6-4-14(19)10-21-17/h4,6-10H,1-2H3. The van der Waals surface area contributed by atoms with E-state index in [1.54, 1.807) is 24.4 Å². The summed E-state index contributed by atoms with van der Waals surface area (Å²) >= 11 is 5.84. The van der Waals surface area contributed by atoms with E-state index >= 15 is 0 Å². The maximum atomic E-state index is 13.0. The van der Waals surface area contributed by atoms with Crippen molar-refractivity contribution in [3.8, 4) is 17.7 Å². The van der Waals surface area contributed by atoms with Gasteiger partial charge < -0.3 is 0 Å². The van der Waals surface area contributed by atoms with E-state index in [-0.39, 0.29) is 5.82 Å². The van der Waals surface area contributed by atoms with Crippen LogP contribution in [-0.2, 0) is 0 Å². The smallest absolute Gasteiger partial charge is 0.141 e. The summed E-state index contributed by atoms with van der Waals surface area (Å²) in [5, 5.41) is 0.394. The number of halogens is 2. The highest BCUT2D eigenvalue weighted by atomic mass is 35.5. The minimum atomic E-state index is -0.376. The Hall–Kier alpha value is -2.71. The summed E-state index contributed by atoms with van der Waals surface area (Å²) in [7, 11) is 0. The highest BCUT2D eigenvalue weighted by molar-refractivity contribution is 6.29. The van der Waals surface area contributed by atoms with Gasteiger partial charge in [-0.25, -0.2) is 19.3 Å². The third-order valence-corrected chi connectivity index (χ3v) is 3.47. The van der Waals surface area contributed by atoms with Gasteiger partial charge in [0.2, 0.25) is 0 Å². The van der Waals surface area contributed by atoms with Crippen molar-refractivity contribution in [1.82, 2.24) is 19.5 Å². The largest absolute Gasteiger partial charge is 0.284 e. The Morgan fingerprint density at radius 3 is 2.65 bits per heavy atom. The van der Waals surface area contributed by atoms with E-state index in [2.05, 4.69) is 26.8 Å². The highest BCUT2D eigenvalue weighted by Gasteiger charge is 2.11. The first-order valence-corrected chi connectivity index (χ1v) is 7.24. The lowest BCUT2D eigenvalue weighted by Gasteiger charge is -2.05. The van der Waals surface area contributed by atoms with Gasteiger partial charge in [-0.15, -0.1) is 0 Å². The lowest BCUT2D eigenvalue weighted by molar-refractivity contribution is 0.619. The van der Waals surface area contributed by atoms with Crippen molar-refractivity contribution in [1.29, 1.82) is 0 Å². The van der Waals surface area contributed by atoms with E-state index in [1.165, 1.54) is 12.3 Å². The Morgan fingerprint density at radius 1 is 1.13 bits per heavy atom. The number of aromatic nitrogens is 4. The molecule has 0 unspecified atom stereocenters. The monoisotopic (exact) mass is 326 g/mol. The van der Waals surface area contributed by atoms with Crippen molar-refractivity contribution >= 4 is 11.6 Å². The maximum absolute atomic E-state index is 13.0. The molecule has 0 aliphatic heterocycles. The number of imidazole rings is 1. The SMILES string of the molecule is Cc1nc(C#Cc2ccnc(Cl)c2)c(C)n1-c1ccc(F)cn1. The van der Waals surface area contributed by atoms with Gasteiger partial charge in [-0.3, -0.25) is 4.57 Å². The van der Waals surface area contributed by atoms with Crippen LogP contribution in [0, 0.1) is 31.5 Å². The number of hydrogen-bond acceptors (Lipinski definition) is 3. The first kappa shape index (κ1) is 15.2. The van der Waals surface area contributed by atoms with Crippen molar-refractivity contribution in [2.45, 2.75) is 13.8 Å². The van der Waals surface area contributed by atoms with Crippen molar-refractivity contribution in [2.24, 2.45) is 0 Å². The fourth-order valence-electron chi connectivity index (χ4n) is 2.21. The summed E-state index contributed by atoms with van der Waals surface area (Å²) in [6.45, 7) is 3.75. The molecule has 0 radical (unpaired) electrons. The van der Waals surface area contributed by atoms with Gasteiger partial charge in [0.25, 0.3) is 0 Å². The summed E-state index contributed by atoms with van der Waals surface area (Å²) in [5.41, 5.74) is 2.24. The molecule has 0 atom stereocenters. The first-order valence-electron chi connectivity index (χ1n) is 6.86. The van der Waals surface area contributed by atoms with Crippen molar-refractivity contribution in [3.05, 3.63) is 70.4 Å². The molecule has 0 aliphatic rings. The molecule has 3 rings (SSSR count). The van der Waals surface area contributed by atoms with Gasteiger partial charge in [0.05, 0.1) is 11.9 Å². The maximum Gasteiger partial charge on any atom is 0.141 e. The zero-order valence-electron chi connectivity index (χ0n) is 12.5. The minimum absolute atomic E-state index is 0.376. The minimum Gasteiger partial charge on any atom is -0.284 e. The quantitative estimate of drug-likeness (QED) is 0.508. The number of pyridine rings is 2. The van der Waals surface area contributed by atoms with Crippen LogP contribution in [0.15, 0.2) is 36.7 Å². The molecule has 0 saturated heterocycles. The number of nitrogens with zero attached hydrogens (tertiary/aromatic N) is 4. The van der Waals surface area contributed by atoms with Gasteiger partial charge in [-0.05, 0) is 44.0 Å². The highest BCUT2D eigenvalue weighted by Crippen LogP contribution is 2.16. The molecule has 114 valence electrons. The molecule has 4 nitrogen and oxygen atoms in total. The van der Waals surface area contributed by atoms with Crippen LogP contribution in [0.3, 0.4) is 0 Å². The molecule has 3 heterocycles. The molecule has 0 spiro atoms. The fourth-order valence-corrected chi connectivity index (χ4v) is 2.38. The predicted octanol–water partition coefficient (Wildman–Crippen LogP) is 3.47. The van der Waals surface area contributed by atoms with Crippen molar-refractivity contribution in [3.63, 3.8) is 0 Å². The lowest BCUT2D eigenvalue weighted by atomic mass is 10.2. The van der Waals surface area contributed by atoms with E-state index in [9.17, 15) is 4.39 Å². The molecule has 3 aromatic rings. The number of rotatable bonds is 1. The summed E-state index contributed by atoms with van der Waals surface area (Å²) in [5.74, 6) is 7.01. The van der Waals surface area contributed by atoms with Gasteiger partial charge in [0.15, 0.2) is 0 Å². The second-order valence-corrected chi connectivity index (χ2v) is 5.27. The van der Waals surface area contributed by atoms with Crippen LogP contribution in [0.5, 0.6) is 0 Å². The first-order chi connectivity index (χ1) is 11.0. The summed E-state index contributed by atoms with van der Waals surface area (Å²) in [4.78, 5) is 12.5. The summed E-state index contributed by atoms with van der Waals surface area (Å²) < 4.78 is 14.9. The fraction of sp³-hybridized carbons (Fsp3) is 0.118. The van der Waals surface area contributed by atoms with E-state index in [0.29, 0.717) is 16.7 Å². The second kappa shape index (κ2) is 6.19. The van der Waals surface area contributed by atoms with Gasteiger partial charge in [-0.2, -0.15) is 0 Å². The van der Waals surface area contributed by atoms with E-state index in [4.69, 9.17) is 11.6 Å². The van der Waals surface area contributed by atoms with Crippen LogP contribution in [0.25, 0.3) is 5.82 Å². The number of aryl methyl sites for hydroxylation is 1. The summed E-state index contributed by atoms with van der Waals surface area (Å²) in [6.07, 6.45) is 2.78. The Labute approximate surface area is 138 Å². The van der Waals surface area contributed by atoms with Crippen molar-refractivity contribution < 1.29 is 4.39 Å². The van der Waals surface area contributed by atoms with Crippen LogP contribution in [-0.4, -0.2) is 19.5 Å². The topological polar surface area (TPSA) is 43.6 Å². The number of hydrogen-bond donors (Lipinski definition) is 0. The van der Waals surface area contributed by atoms with Gasteiger partial charge in [0, 0.05) is 11.8 Å². The van der Waals surface area contributed by atoms with Gasteiger partial charge in [0.1, 0.15) is 28.3 Å². The molecule has 0 amide bonds. The molecule has 23 heavy (non-hydrogen) atoms. The van der Waals surface area contributed by atoms with Gasteiger partial charge in [-0.1, -0.05) is 17.5 Å². The van der Waals surface area contributed by atoms with Crippen molar-refractivity contribution in [2.75, 3.05) is 0 Å². The van der Waals surface area contributed by atoms with Crippen LogP contribution in [0.2, 0.25) is 5.15 Å². The lowest BCUT2D eigenvalue weighted by Crippen LogP contribution is -2.02. The third kappa shape index (κ3) is 3.22. The van der Waals surface area contributed by atoms with E-state index in [1.807, 2.05) is 18.4 Å². The average Bonchev–Trinajstić information content (AvgIpc) is 2.81. The van der Waals surface area contributed by atoms with E-state index in [0.717, 1.165) is 17.1 Å². The molecule has 0 N–H and O–H groups in total. The third-order valence-electron chi connectivity index (χ3n) is 3.27. The molecular weight excluding hydrogens is 315 g/mol. The van der Waals surface area contributed by atoms with Crippen LogP contribution in [0.1, 0.15) is 22.8 Å². The average molecular weight is 327 g/mol. The van der Waals surface area contributed by atoms with Crippen LogP contribution < -0.4 is 0 Å². The Bertz CT molecular complexity index is 920. The zero-order valence-corrected chi connectivity index (χ0v) is 13.3. The Kier molecular flexibility index (Phi) is 4.09. The normalized spacial score (nSPS) is 10.3.